The third-order valence-electron chi connectivity index (χ3n) is 4.45. The van der Waals surface area contributed by atoms with Crippen LogP contribution in [-0.2, 0) is 16.1 Å². The molecule has 3 rings (SSSR count). The molecule has 2 aromatic rings. The highest BCUT2D eigenvalue weighted by atomic mass is 16.5. The topological polar surface area (TPSA) is 96.2 Å². The maximum atomic E-state index is 12.3. The molecule has 1 atom stereocenters. The molecule has 8 heteroatoms. The van der Waals surface area contributed by atoms with Crippen LogP contribution in [0.15, 0.2) is 23.1 Å². The molecule has 0 N–H and O–H groups in total. The summed E-state index contributed by atoms with van der Waals surface area (Å²) in [4.78, 5) is 32.8. The van der Waals surface area contributed by atoms with Gasteiger partial charge in [-0.3, -0.25) is 9.59 Å². The number of rotatable bonds is 6. The maximum absolute atomic E-state index is 12.3. The summed E-state index contributed by atoms with van der Waals surface area (Å²) in [5.41, 5.74) is 1.18. The van der Waals surface area contributed by atoms with Crippen LogP contribution >= 0.6 is 0 Å². The minimum Gasteiger partial charge on any atom is -0.462 e. The van der Waals surface area contributed by atoms with Crippen molar-refractivity contribution < 1.29 is 14.3 Å². The summed E-state index contributed by atoms with van der Waals surface area (Å²) in [7, 11) is 0. The van der Waals surface area contributed by atoms with Crippen LogP contribution < -0.4 is 10.3 Å². The minimum absolute atomic E-state index is 0.0122. The lowest BCUT2D eigenvalue weighted by Crippen LogP contribution is -2.30. The molecule has 1 aliphatic rings. The van der Waals surface area contributed by atoms with Gasteiger partial charge in [-0.2, -0.15) is 5.10 Å². The Balaban J connectivity index is 1.63. The fourth-order valence-corrected chi connectivity index (χ4v) is 3.08. The average molecular weight is 372 g/mol. The highest BCUT2D eigenvalue weighted by Crippen LogP contribution is 2.22. The molecule has 1 aliphatic carbocycles. The zero-order valence-corrected chi connectivity index (χ0v) is 15.8. The van der Waals surface area contributed by atoms with E-state index in [9.17, 15) is 9.59 Å². The number of carbonyl (C=O) groups is 1. The van der Waals surface area contributed by atoms with Gasteiger partial charge in [0, 0.05) is 17.5 Å². The first kappa shape index (κ1) is 19.0. The molecule has 1 unspecified atom stereocenters. The number of aryl methyl sites for hydroxylation is 2. The van der Waals surface area contributed by atoms with Crippen molar-refractivity contribution >= 4 is 5.97 Å². The first-order valence-electron chi connectivity index (χ1n) is 9.18. The van der Waals surface area contributed by atoms with E-state index < -0.39 is 5.92 Å². The molecule has 0 amide bonds. The monoisotopic (exact) mass is 372 g/mol. The SMILES string of the molecule is Cc1cc(C)nc(Oc2cnn(CC(C)C(=O)OC3CCCC3)c(=O)c2)n1. The Morgan fingerprint density at radius 2 is 1.89 bits per heavy atom. The molecule has 1 saturated carbocycles. The first-order chi connectivity index (χ1) is 12.9. The van der Waals surface area contributed by atoms with Gasteiger partial charge < -0.3 is 9.47 Å². The predicted molar refractivity (Wildman–Crippen MR) is 97.6 cm³/mol. The second-order valence-electron chi connectivity index (χ2n) is 6.99. The van der Waals surface area contributed by atoms with E-state index >= 15 is 0 Å². The van der Waals surface area contributed by atoms with Gasteiger partial charge in [-0.05, 0) is 45.6 Å². The molecular formula is C19H24N4O4. The van der Waals surface area contributed by atoms with Gasteiger partial charge in [0.05, 0.1) is 18.7 Å². The van der Waals surface area contributed by atoms with Gasteiger partial charge in [0.1, 0.15) is 6.10 Å². The number of esters is 1. The quantitative estimate of drug-likeness (QED) is 0.719. The van der Waals surface area contributed by atoms with E-state index in [-0.39, 0.29) is 35.9 Å². The molecule has 0 radical (unpaired) electrons. The summed E-state index contributed by atoms with van der Waals surface area (Å²) >= 11 is 0. The zero-order valence-electron chi connectivity index (χ0n) is 15.8. The summed E-state index contributed by atoms with van der Waals surface area (Å²) in [6.45, 7) is 5.57. The molecule has 0 aromatic carbocycles. The molecule has 0 bridgehead atoms. The molecule has 0 aliphatic heterocycles. The lowest BCUT2D eigenvalue weighted by molar-refractivity contribution is -0.153. The molecular weight excluding hydrogens is 348 g/mol. The van der Waals surface area contributed by atoms with Crippen molar-refractivity contribution in [2.45, 2.75) is 59.1 Å². The molecule has 0 spiro atoms. The lowest BCUT2D eigenvalue weighted by Gasteiger charge is -2.16. The number of hydrogen-bond acceptors (Lipinski definition) is 7. The van der Waals surface area contributed by atoms with Gasteiger partial charge in [-0.15, -0.1) is 0 Å². The summed E-state index contributed by atoms with van der Waals surface area (Å²) in [5.74, 6) is -0.493. The first-order valence-corrected chi connectivity index (χ1v) is 9.18. The van der Waals surface area contributed by atoms with E-state index in [2.05, 4.69) is 15.1 Å². The Bertz CT molecular complexity index is 854. The van der Waals surface area contributed by atoms with Gasteiger partial charge in [0.2, 0.25) is 0 Å². The van der Waals surface area contributed by atoms with E-state index in [1.807, 2.05) is 19.9 Å². The van der Waals surface area contributed by atoms with Crippen LogP contribution in [0.3, 0.4) is 0 Å². The highest BCUT2D eigenvalue weighted by Gasteiger charge is 2.23. The molecule has 0 saturated heterocycles. The van der Waals surface area contributed by atoms with Crippen molar-refractivity contribution in [3.8, 4) is 11.8 Å². The summed E-state index contributed by atoms with van der Waals surface area (Å²) in [5, 5.41) is 4.09. The Morgan fingerprint density at radius 1 is 1.22 bits per heavy atom. The van der Waals surface area contributed by atoms with Crippen LogP contribution in [0.25, 0.3) is 0 Å². The van der Waals surface area contributed by atoms with Crippen LogP contribution in [0.1, 0.15) is 44.0 Å². The van der Waals surface area contributed by atoms with Gasteiger partial charge in [-0.25, -0.2) is 14.6 Å². The summed E-state index contributed by atoms with van der Waals surface area (Å²) in [6, 6.07) is 3.30. The van der Waals surface area contributed by atoms with Crippen LogP contribution in [0.2, 0.25) is 0 Å². The Morgan fingerprint density at radius 3 is 2.52 bits per heavy atom. The van der Waals surface area contributed by atoms with E-state index in [0.717, 1.165) is 37.1 Å². The molecule has 2 heterocycles. The Kier molecular flexibility index (Phi) is 5.83. The number of carbonyl (C=O) groups excluding carboxylic acids is 1. The van der Waals surface area contributed by atoms with E-state index in [4.69, 9.17) is 9.47 Å². The predicted octanol–water partition coefficient (Wildman–Crippen LogP) is 2.56. The standard InChI is InChI=1S/C19H24N4O4/c1-12(18(25)26-15-6-4-5-7-15)11-23-17(24)9-16(10-20-23)27-19-21-13(2)8-14(3)22-19/h8-10,12,15H,4-7,11H2,1-3H3. The van der Waals surface area contributed by atoms with Crippen LogP contribution in [0.4, 0.5) is 0 Å². The highest BCUT2D eigenvalue weighted by molar-refractivity contribution is 5.72. The maximum Gasteiger partial charge on any atom is 0.322 e. The van der Waals surface area contributed by atoms with Crippen molar-refractivity contribution in [1.29, 1.82) is 0 Å². The Labute approximate surface area is 157 Å². The number of aromatic nitrogens is 4. The largest absolute Gasteiger partial charge is 0.462 e. The molecule has 8 nitrogen and oxygen atoms in total. The number of ether oxygens (including phenoxy) is 2. The third-order valence-corrected chi connectivity index (χ3v) is 4.45. The van der Waals surface area contributed by atoms with Gasteiger partial charge in [0.25, 0.3) is 5.56 Å². The average Bonchev–Trinajstić information content (AvgIpc) is 3.09. The minimum atomic E-state index is -0.453. The fraction of sp³-hybridized carbons (Fsp3) is 0.526. The summed E-state index contributed by atoms with van der Waals surface area (Å²) in [6.07, 6.45) is 5.46. The van der Waals surface area contributed by atoms with Crippen LogP contribution in [-0.4, -0.2) is 31.8 Å². The molecule has 144 valence electrons. The lowest BCUT2D eigenvalue weighted by atomic mass is 10.2. The molecule has 1 fully saturated rings. The van der Waals surface area contributed by atoms with Crippen molar-refractivity contribution in [1.82, 2.24) is 19.7 Å². The number of nitrogens with zero attached hydrogens (tertiary/aromatic N) is 4. The van der Waals surface area contributed by atoms with E-state index in [1.54, 1.807) is 6.92 Å². The summed E-state index contributed by atoms with van der Waals surface area (Å²) < 4.78 is 12.2. The van der Waals surface area contributed by atoms with Crippen molar-refractivity contribution in [3.63, 3.8) is 0 Å². The molecule has 2 aromatic heterocycles. The van der Waals surface area contributed by atoms with E-state index in [0.29, 0.717) is 0 Å². The van der Waals surface area contributed by atoms with Gasteiger partial charge >= 0.3 is 12.0 Å². The second kappa shape index (κ2) is 8.28. The van der Waals surface area contributed by atoms with Crippen LogP contribution in [0.5, 0.6) is 11.8 Å². The van der Waals surface area contributed by atoms with Gasteiger partial charge in [0.15, 0.2) is 5.75 Å². The second-order valence-corrected chi connectivity index (χ2v) is 6.99. The fourth-order valence-electron chi connectivity index (χ4n) is 3.08. The van der Waals surface area contributed by atoms with Crippen LogP contribution in [0, 0.1) is 19.8 Å². The van der Waals surface area contributed by atoms with Gasteiger partial charge in [-0.1, -0.05) is 6.92 Å². The third kappa shape index (κ3) is 5.12. The van der Waals surface area contributed by atoms with Crippen molar-refractivity contribution in [3.05, 3.63) is 40.1 Å². The molecule has 27 heavy (non-hydrogen) atoms. The normalized spacial score (nSPS) is 15.5. The smallest absolute Gasteiger partial charge is 0.322 e. The Hall–Kier alpha value is -2.77. The zero-order chi connectivity index (χ0) is 19.4. The number of hydrogen-bond donors (Lipinski definition) is 0. The van der Waals surface area contributed by atoms with E-state index in [1.165, 1.54) is 16.9 Å². The van der Waals surface area contributed by atoms with Crippen molar-refractivity contribution in [2.75, 3.05) is 0 Å². The van der Waals surface area contributed by atoms with Crippen molar-refractivity contribution in [2.24, 2.45) is 5.92 Å².